The van der Waals surface area contributed by atoms with E-state index in [0.717, 1.165) is 6.04 Å². The van der Waals surface area contributed by atoms with Crippen LogP contribution in [0, 0.1) is 0 Å². The molecule has 1 aromatic carbocycles. The molecule has 0 saturated heterocycles. The molecule has 2 nitrogen and oxygen atoms in total. The molecule has 1 atom stereocenters. The molecule has 0 heterocycles. The Labute approximate surface area is 95.5 Å². The molecular weight excluding hydrogens is 220 g/mol. The van der Waals surface area contributed by atoms with Crippen molar-refractivity contribution in [2.24, 2.45) is 0 Å². The maximum atomic E-state index is 9.52. The number of hydrogen-bond acceptors (Lipinski definition) is 2. The summed E-state index contributed by atoms with van der Waals surface area (Å²) in [6, 6.07) is 11.4. The maximum Gasteiger partial charge on any atom is 0.318 e. The Morgan fingerprint density at radius 3 is 2.47 bits per heavy atom. The SMILES string of the molecule is CC(C[Si]O[Si](C)(C)O)c1ccccc1. The van der Waals surface area contributed by atoms with Gasteiger partial charge in [-0.3, -0.25) is 0 Å². The molecular formula is C11H18O2Si2. The van der Waals surface area contributed by atoms with Crippen LogP contribution in [0.25, 0.3) is 0 Å². The zero-order valence-corrected chi connectivity index (χ0v) is 11.5. The minimum Gasteiger partial charge on any atom is -0.436 e. The predicted octanol–water partition coefficient (Wildman–Crippen LogP) is 2.54. The summed E-state index contributed by atoms with van der Waals surface area (Å²) in [5.74, 6) is 0.501. The van der Waals surface area contributed by atoms with Crippen molar-refractivity contribution in [1.29, 1.82) is 0 Å². The Bertz CT molecular complexity index is 282. The largest absolute Gasteiger partial charge is 0.436 e. The van der Waals surface area contributed by atoms with Crippen LogP contribution in [-0.4, -0.2) is 23.1 Å². The van der Waals surface area contributed by atoms with Gasteiger partial charge in [-0.05, 0) is 30.6 Å². The maximum absolute atomic E-state index is 9.52. The van der Waals surface area contributed by atoms with E-state index < -0.39 is 8.56 Å². The van der Waals surface area contributed by atoms with Gasteiger partial charge in [0.2, 0.25) is 9.76 Å². The van der Waals surface area contributed by atoms with Crippen molar-refractivity contribution in [3.8, 4) is 0 Å². The van der Waals surface area contributed by atoms with Crippen molar-refractivity contribution in [3.05, 3.63) is 35.9 Å². The van der Waals surface area contributed by atoms with Gasteiger partial charge >= 0.3 is 8.56 Å². The molecule has 82 valence electrons. The Kier molecular flexibility index (Phi) is 4.72. The highest BCUT2D eigenvalue weighted by Crippen LogP contribution is 2.18. The van der Waals surface area contributed by atoms with Crippen molar-refractivity contribution in [2.75, 3.05) is 0 Å². The van der Waals surface area contributed by atoms with Gasteiger partial charge in [-0.1, -0.05) is 37.3 Å². The van der Waals surface area contributed by atoms with E-state index in [-0.39, 0.29) is 0 Å². The van der Waals surface area contributed by atoms with Gasteiger partial charge in [0.1, 0.15) is 0 Å². The summed E-state index contributed by atoms with van der Waals surface area (Å²) in [5, 5.41) is 0. The molecule has 0 fully saturated rings. The van der Waals surface area contributed by atoms with Gasteiger partial charge in [-0.2, -0.15) is 0 Å². The lowest BCUT2D eigenvalue weighted by Gasteiger charge is -2.16. The zero-order chi connectivity index (χ0) is 11.3. The van der Waals surface area contributed by atoms with E-state index in [1.54, 1.807) is 13.1 Å². The molecule has 1 aromatic rings. The fourth-order valence-corrected chi connectivity index (χ4v) is 3.47. The van der Waals surface area contributed by atoms with Crippen LogP contribution < -0.4 is 0 Å². The Balaban J connectivity index is 2.34. The quantitative estimate of drug-likeness (QED) is 0.799. The molecule has 0 bridgehead atoms. The molecule has 0 aliphatic rings. The van der Waals surface area contributed by atoms with Crippen LogP contribution in [0.15, 0.2) is 30.3 Å². The van der Waals surface area contributed by atoms with Crippen molar-refractivity contribution < 1.29 is 8.91 Å². The first-order chi connectivity index (χ1) is 6.99. The third-order valence-electron chi connectivity index (χ3n) is 2.08. The predicted molar refractivity (Wildman–Crippen MR) is 66.2 cm³/mol. The lowest BCUT2D eigenvalue weighted by atomic mass is 10.0. The number of rotatable bonds is 5. The van der Waals surface area contributed by atoms with E-state index in [0.29, 0.717) is 15.7 Å². The number of benzene rings is 1. The summed E-state index contributed by atoms with van der Waals surface area (Å²) in [6.07, 6.45) is 0. The molecule has 1 N–H and O–H groups in total. The standard InChI is InChI=1S/C11H18O2Si2/c1-10(9-14-13-15(2,3)12)11-7-5-4-6-8-11/h4-8,10,12H,9H2,1-3H3. The minimum atomic E-state index is -2.31. The van der Waals surface area contributed by atoms with E-state index in [1.807, 2.05) is 6.07 Å². The molecule has 1 unspecified atom stereocenters. The average Bonchev–Trinajstić information content (AvgIpc) is 2.17. The summed E-state index contributed by atoms with van der Waals surface area (Å²) in [5.41, 5.74) is 1.34. The van der Waals surface area contributed by atoms with Gasteiger partial charge in [0.05, 0.1) is 0 Å². The van der Waals surface area contributed by atoms with Gasteiger partial charge in [0, 0.05) is 0 Å². The van der Waals surface area contributed by atoms with E-state index in [9.17, 15) is 4.80 Å². The summed E-state index contributed by atoms with van der Waals surface area (Å²) < 4.78 is 5.44. The molecule has 4 heteroatoms. The minimum absolute atomic E-state index is 0.401. The van der Waals surface area contributed by atoms with Gasteiger partial charge < -0.3 is 8.91 Å². The van der Waals surface area contributed by atoms with Crippen LogP contribution >= 0.6 is 0 Å². The van der Waals surface area contributed by atoms with Gasteiger partial charge in [0.15, 0.2) is 0 Å². The van der Waals surface area contributed by atoms with Crippen molar-refractivity contribution in [2.45, 2.75) is 32.0 Å². The van der Waals surface area contributed by atoms with Gasteiger partial charge in [-0.15, -0.1) is 0 Å². The lowest BCUT2D eigenvalue weighted by Crippen LogP contribution is -2.32. The lowest BCUT2D eigenvalue weighted by molar-refractivity contribution is 0.402. The van der Waals surface area contributed by atoms with E-state index in [1.165, 1.54) is 5.56 Å². The second kappa shape index (κ2) is 5.60. The fourth-order valence-electron chi connectivity index (χ4n) is 1.24. The summed E-state index contributed by atoms with van der Waals surface area (Å²) in [4.78, 5) is 9.52. The molecule has 0 aliphatic carbocycles. The van der Waals surface area contributed by atoms with Crippen LogP contribution in [0.5, 0.6) is 0 Å². The van der Waals surface area contributed by atoms with Crippen LogP contribution in [0.1, 0.15) is 18.4 Å². The summed E-state index contributed by atoms with van der Waals surface area (Å²) in [7, 11) is -1.91. The van der Waals surface area contributed by atoms with E-state index in [2.05, 4.69) is 31.2 Å². The van der Waals surface area contributed by atoms with Gasteiger partial charge in [0.25, 0.3) is 0 Å². The zero-order valence-electron chi connectivity index (χ0n) is 9.53. The monoisotopic (exact) mass is 238 g/mol. The molecule has 0 aliphatic heterocycles. The van der Waals surface area contributed by atoms with E-state index in [4.69, 9.17) is 4.12 Å². The second-order valence-electron chi connectivity index (χ2n) is 4.21. The Morgan fingerprint density at radius 2 is 1.93 bits per heavy atom. The van der Waals surface area contributed by atoms with Crippen LogP contribution in [0.4, 0.5) is 0 Å². The van der Waals surface area contributed by atoms with E-state index >= 15 is 0 Å². The first kappa shape index (κ1) is 12.6. The topological polar surface area (TPSA) is 29.5 Å². The first-order valence-corrected chi connectivity index (χ1v) is 9.14. The molecule has 0 saturated carbocycles. The molecule has 0 spiro atoms. The summed E-state index contributed by atoms with van der Waals surface area (Å²) in [6.45, 7) is 5.79. The van der Waals surface area contributed by atoms with Crippen LogP contribution in [-0.2, 0) is 4.12 Å². The normalized spacial score (nSPS) is 13.9. The van der Waals surface area contributed by atoms with Crippen LogP contribution in [0.2, 0.25) is 19.1 Å². The molecule has 2 radical (unpaired) electrons. The van der Waals surface area contributed by atoms with Crippen molar-refractivity contribution in [1.82, 2.24) is 0 Å². The third-order valence-corrected chi connectivity index (χ3v) is 5.43. The highest BCUT2D eigenvalue weighted by atomic mass is 28.4. The first-order valence-electron chi connectivity index (χ1n) is 5.17. The third kappa shape index (κ3) is 5.27. The molecule has 0 aromatic heterocycles. The highest BCUT2D eigenvalue weighted by Gasteiger charge is 2.18. The Hall–Kier alpha value is -0.426. The van der Waals surface area contributed by atoms with Crippen molar-refractivity contribution >= 4 is 18.3 Å². The highest BCUT2D eigenvalue weighted by molar-refractivity contribution is 6.68. The molecule has 1 rings (SSSR count). The number of hydrogen-bond donors (Lipinski definition) is 1. The smallest absolute Gasteiger partial charge is 0.318 e. The molecule has 0 amide bonds. The van der Waals surface area contributed by atoms with Crippen LogP contribution in [0.3, 0.4) is 0 Å². The summed E-state index contributed by atoms with van der Waals surface area (Å²) >= 11 is 0. The second-order valence-corrected chi connectivity index (χ2v) is 8.62. The molecule has 15 heavy (non-hydrogen) atoms. The average molecular weight is 238 g/mol. The van der Waals surface area contributed by atoms with Crippen molar-refractivity contribution in [3.63, 3.8) is 0 Å². The van der Waals surface area contributed by atoms with Gasteiger partial charge in [-0.25, -0.2) is 0 Å². The fraction of sp³-hybridized carbons (Fsp3) is 0.455. The Morgan fingerprint density at radius 1 is 1.33 bits per heavy atom.